The number of carbonyl (C=O) groups excluding carboxylic acids is 1. The molecule has 0 atom stereocenters. The molecule has 0 spiro atoms. The minimum atomic E-state index is -0.596. The Morgan fingerprint density at radius 2 is 2.25 bits per heavy atom. The monoisotopic (exact) mass is 354 g/mol. The van der Waals surface area contributed by atoms with E-state index in [4.69, 9.17) is 26.8 Å². The fourth-order valence-corrected chi connectivity index (χ4v) is 2.32. The van der Waals surface area contributed by atoms with E-state index in [2.05, 4.69) is 20.8 Å². The number of nitrogens with one attached hydrogen (secondary N) is 1. The highest BCUT2D eigenvalue weighted by Gasteiger charge is 2.14. The first-order valence-corrected chi connectivity index (χ1v) is 7.70. The first kappa shape index (κ1) is 17.8. The van der Waals surface area contributed by atoms with Crippen molar-refractivity contribution in [2.45, 2.75) is 26.4 Å². The van der Waals surface area contributed by atoms with Gasteiger partial charge in [-0.05, 0) is 34.5 Å². The van der Waals surface area contributed by atoms with Gasteiger partial charge in [-0.3, -0.25) is 4.79 Å². The Balaban J connectivity index is 2.12. The fraction of sp³-hybridized carbons (Fsp3) is 0.429. The van der Waals surface area contributed by atoms with Crippen LogP contribution in [0.2, 0.25) is 5.02 Å². The van der Waals surface area contributed by atoms with Crippen molar-refractivity contribution < 1.29 is 14.3 Å². The lowest BCUT2D eigenvalue weighted by Crippen LogP contribution is -2.20. The number of aromatic nitrogens is 4. The molecule has 9 nitrogen and oxygen atoms in total. The maximum Gasteiger partial charge on any atom is 0.255 e. The molecule has 2 rings (SSSR count). The second-order valence-corrected chi connectivity index (χ2v) is 5.35. The molecule has 3 N–H and O–H groups in total. The second kappa shape index (κ2) is 8.34. The van der Waals surface area contributed by atoms with Crippen LogP contribution in [0.4, 0.5) is 5.95 Å². The summed E-state index contributed by atoms with van der Waals surface area (Å²) in [5.41, 5.74) is 5.92. The van der Waals surface area contributed by atoms with Gasteiger partial charge in [0.05, 0.1) is 12.1 Å². The predicted octanol–water partition coefficient (Wildman–Crippen LogP) is 1.22. The zero-order valence-corrected chi connectivity index (χ0v) is 14.2. The van der Waals surface area contributed by atoms with Crippen molar-refractivity contribution in [2.24, 2.45) is 5.73 Å². The van der Waals surface area contributed by atoms with Crippen molar-refractivity contribution in [1.29, 1.82) is 0 Å². The Morgan fingerprint density at radius 1 is 1.46 bits per heavy atom. The maximum atomic E-state index is 10.9. The zero-order valence-electron chi connectivity index (χ0n) is 13.5. The highest BCUT2D eigenvalue weighted by atomic mass is 35.5. The fourth-order valence-electron chi connectivity index (χ4n) is 2.03. The summed E-state index contributed by atoms with van der Waals surface area (Å²) in [6.45, 7) is 2.93. The largest absolute Gasteiger partial charge is 0.493 e. The van der Waals surface area contributed by atoms with Crippen molar-refractivity contribution in [3.63, 3.8) is 0 Å². The number of halogens is 1. The van der Waals surface area contributed by atoms with Gasteiger partial charge in [0, 0.05) is 13.1 Å². The smallest absolute Gasteiger partial charge is 0.255 e. The van der Waals surface area contributed by atoms with E-state index in [9.17, 15) is 4.79 Å². The molecule has 0 aliphatic heterocycles. The second-order valence-electron chi connectivity index (χ2n) is 4.94. The minimum Gasteiger partial charge on any atom is -0.493 e. The number of nitrogens with two attached hydrogens (primary N) is 1. The van der Waals surface area contributed by atoms with Crippen LogP contribution in [0, 0.1) is 0 Å². The van der Waals surface area contributed by atoms with Gasteiger partial charge in [-0.25, -0.2) is 4.68 Å². The number of primary amides is 1. The summed E-state index contributed by atoms with van der Waals surface area (Å²) in [4.78, 5) is 10.9. The molecule has 0 saturated heterocycles. The summed E-state index contributed by atoms with van der Waals surface area (Å²) in [7, 11) is 1.49. The molecule has 130 valence electrons. The topological polar surface area (TPSA) is 117 Å². The van der Waals surface area contributed by atoms with Crippen molar-refractivity contribution in [3.05, 3.63) is 22.7 Å². The summed E-state index contributed by atoms with van der Waals surface area (Å²) < 4.78 is 12.2. The van der Waals surface area contributed by atoms with Crippen LogP contribution in [-0.4, -0.2) is 39.8 Å². The van der Waals surface area contributed by atoms with E-state index in [0.29, 0.717) is 23.3 Å². The lowest BCUT2D eigenvalue weighted by Gasteiger charge is -2.14. The van der Waals surface area contributed by atoms with Crippen LogP contribution in [0.1, 0.15) is 18.9 Å². The number of hydrogen-bond acceptors (Lipinski definition) is 7. The first-order chi connectivity index (χ1) is 11.5. The van der Waals surface area contributed by atoms with Gasteiger partial charge in [-0.1, -0.05) is 23.6 Å². The lowest BCUT2D eigenvalue weighted by molar-refractivity contribution is -0.119. The number of amides is 1. The number of benzene rings is 1. The molecular formula is C14H19ClN6O3. The highest BCUT2D eigenvalue weighted by molar-refractivity contribution is 6.32. The molecule has 0 aliphatic carbocycles. The van der Waals surface area contributed by atoms with Crippen LogP contribution in [0.5, 0.6) is 11.5 Å². The number of rotatable bonds is 9. The Hall–Kier alpha value is -2.55. The van der Waals surface area contributed by atoms with Gasteiger partial charge in [0.2, 0.25) is 5.95 Å². The van der Waals surface area contributed by atoms with Gasteiger partial charge in [-0.2, -0.15) is 0 Å². The van der Waals surface area contributed by atoms with Gasteiger partial charge in [0.25, 0.3) is 5.91 Å². The summed E-state index contributed by atoms with van der Waals surface area (Å²) in [5.74, 6) is 0.661. The van der Waals surface area contributed by atoms with Crippen molar-refractivity contribution >= 4 is 23.5 Å². The van der Waals surface area contributed by atoms with E-state index in [1.807, 2.05) is 6.92 Å². The standard InChI is InChI=1S/C14H19ClN6O3/c1-3-4-21-14(18-19-20-21)17-7-9-5-10(15)13(11(6-9)23-2)24-8-12(16)22/h5-6H,3-4,7-8H2,1-2H3,(H2,16,22)(H,17,18,20). The molecule has 0 aliphatic rings. The van der Waals surface area contributed by atoms with Gasteiger partial charge in [0.1, 0.15) is 0 Å². The maximum absolute atomic E-state index is 10.9. The van der Waals surface area contributed by atoms with E-state index in [1.165, 1.54) is 7.11 Å². The lowest BCUT2D eigenvalue weighted by atomic mass is 10.2. The highest BCUT2D eigenvalue weighted by Crippen LogP contribution is 2.36. The molecule has 0 bridgehead atoms. The van der Waals surface area contributed by atoms with Gasteiger partial charge in [-0.15, -0.1) is 0 Å². The molecule has 24 heavy (non-hydrogen) atoms. The van der Waals surface area contributed by atoms with E-state index >= 15 is 0 Å². The van der Waals surface area contributed by atoms with E-state index in [-0.39, 0.29) is 12.4 Å². The predicted molar refractivity (Wildman–Crippen MR) is 88.1 cm³/mol. The summed E-state index contributed by atoms with van der Waals surface area (Å²) in [6.07, 6.45) is 0.922. The number of aryl methyl sites for hydroxylation is 1. The van der Waals surface area contributed by atoms with Gasteiger partial charge >= 0.3 is 0 Å². The summed E-state index contributed by atoms with van der Waals surface area (Å²) >= 11 is 6.21. The van der Waals surface area contributed by atoms with Crippen LogP contribution in [0.3, 0.4) is 0 Å². The van der Waals surface area contributed by atoms with Crippen LogP contribution in [-0.2, 0) is 17.9 Å². The van der Waals surface area contributed by atoms with Crippen molar-refractivity contribution in [2.75, 3.05) is 19.0 Å². The van der Waals surface area contributed by atoms with Crippen LogP contribution >= 0.6 is 11.6 Å². The molecule has 1 aromatic heterocycles. The number of carbonyl (C=O) groups is 1. The average Bonchev–Trinajstić information content (AvgIpc) is 2.98. The number of methoxy groups -OCH3 is 1. The first-order valence-electron chi connectivity index (χ1n) is 7.32. The molecule has 10 heteroatoms. The summed E-state index contributed by atoms with van der Waals surface area (Å²) in [6, 6.07) is 3.46. The number of tetrazole rings is 1. The van der Waals surface area contributed by atoms with Gasteiger partial charge in [0.15, 0.2) is 18.1 Å². The molecule has 0 saturated carbocycles. The number of ether oxygens (including phenoxy) is 2. The van der Waals surface area contributed by atoms with Crippen molar-refractivity contribution in [3.8, 4) is 11.5 Å². The van der Waals surface area contributed by atoms with Crippen molar-refractivity contribution in [1.82, 2.24) is 20.2 Å². The third-order valence-corrected chi connectivity index (χ3v) is 3.35. The third-order valence-electron chi connectivity index (χ3n) is 3.07. The van der Waals surface area contributed by atoms with E-state index in [1.54, 1.807) is 16.8 Å². The SMILES string of the molecule is CCCn1nnnc1NCc1cc(Cl)c(OCC(N)=O)c(OC)c1. The van der Waals surface area contributed by atoms with Crippen LogP contribution < -0.4 is 20.5 Å². The molecule has 0 fully saturated rings. The van der Waals surface area contributed by atoms with Crippen LogP contribution in [0.15, 0.2) is 12.1 Å². The van der Waals surface area contributed by atoms with E-state index in [0.717, 1.165) is 18.5 Å². The number of hydrogen-bond donors (Lipinski definition) is 2. The number of nitrogens with zero attached hydrogens (tertiary/aromatic N) is 4. The minimum absolute atomic E-state index is 0.275. The molecule has 0 unspecified atom stereocenters. The Bertz CT molecular complexity index is 706. The zero-order chi connectivity index (χ0) is 17.5. The molecule has 1 heterocycles. The Morgan fingerprint density at radius 3 is 2.92 bits per heavy atom. The molecule has 1 amide bonds. The summed E-state index contributed by atoms with van der Waals surface area (Å²) in [5, 5.41) is 14.9. The molecule has 0 radical (unpaired) electrons. The van der Waals surface area contributed by atoms with Crippen LogP contribution in [0.25, 0.3) is 0 Å². The van der Waals surface area contributed by atoms with Gasteiger partial charge < -0.3 is 20.5 Å². The Labute approximate surface area is 144 Å². The average molecular weight is 355 g/mol. The molecule has 2 aromatic rings. The molecular weight excluding hydrogens is 336 g/mol. The van der Waals surface area contributed by atoms with E-state index < -0.39 is 5.91 Å². The number of anilines is 1. The Kier molecular flexibility index (Phi) is 6.19. The third kappa shape index (κ3) is 4.48. The quantitative estimate of drug-likeness (QED) is 0.695. The molecule has 1 aromatic carbocycles. The normalized spacial score (nSPS) is 10.5.